The molecular formula is C23H25N3O6S. The van der Waals surface area contributed by atoms with Crippen LogP contribution in [0.25, 0.3) is 0 Å². The van der Waals surface area contributed by atoms with Crippen LogP contribution in [0.3, 0.4) is 0 Å². The van der Waals surface area contributed by atoms with Crippen molar-refractivity contribution >= 4 is 27.8 Å². The summed E-state index contributed by atoms with van der Waals surface area (Å²) in [6.07, 6.45) is 3.07. The topological polar surface area (TPSA) is 114 Å². The SMILES string of the molecule is CCOC(=O)C1CCCN(S(=O)(=O)c2ccc(CCN3C(=O)c4cccnc4C3=O)cc2)C1. The van der Waals surface area contributed by atoms with Crippen molar-refractivity contribution in [1.29, 1.82) is 0 Å². The summed E-state index contributed by atoms with van der Waals surface area (Å²) in [7, 11) is -3.75. The molecule has 1 saturated heterocycles. The zero-order chi connectivity index (χ0) is 23.6. The molecule has 0 aliphatic carbocycles. The number of hydrogen-bond donors (Lipinski definition) is 0. The van der Waals surface area contributed by atoms with Crippen molar-refractivity contribution in [3.05, 3.63) is 59.4 Å². The molecule has 10 heteroatoms. The van der Waals surface area contributed by atoms with Gasteiger partial charge in [0, 0.05) is 25.8 Å². The zero-order valence-corrected chi connectivity index (χ0v) is 19.1. The van der Waals surface area contributed by atoms with Crippen LogP contribution in [0, 0.1) is 5.92 Å². The molecule has 0 radical (unpaired) electrons. The molecule has 0 spiro atoms. The smallest absolute Gasteiger partial charge is 0.310 e. The number of imide groups is 1. The number of rotatable bonds is 7. The van der Waals surface area contributed by atoms with Crippen molar-refractivity contribution in [3.63, 3.8) is 0 Å². The summed E-state index contributed by atoms with van der Waals surface area (Å²) in [4.78, 5) is 42.2. The molecular weight excluding hydrogens is 446 g/mol. The van der Waals surface area contributed by atoms with Crippen LogP contribution in [0.4, 0.5) is 0 Å². The summed E-state index contributed by atoms with van der Waals surface area (Å²) in [6, 6.07) is 9.58. The number of aromatic nitrogens is 1. The Bertz CT molecular complexity index is 1140. The monoisotopic (exact) mass is 471 g/mol. The third kappa shape index (κ3) is 4.53. The maximum atomic E-state index is 13.1. The molecule has 1 fully saturated rings. The number of piperidine rings is 1. The van der Waals surface area contributed by atoms with Gasteiger partial charge in [0.15, 0.2) is 0 Å². The molecule has 2 aliphatic heterocycles. The van der Waals surface area contributed by atoms with Crippen LogP contribution in [-0.4, -0.2) is 66.6 Å². The van der Waals surface area contributed by atoms with Gasteiger partial charge in [-0.25, -0.2) is 8.42 Å². The highest BCUT2D eigenvalue weighted by atomic mass is 32.2. The number of benzene rings is 1. The number of sulfonamides is 1. The molecule has 2 aromatic rings. The van der Waals surface area contributed by atoms with Gasteiger partial charge in [-0.3, -0.25) is 24.3 Å². The Morgan fingerprint density at radius 2 is 1.91 bits per heavy atom. The Morgan fingerprint density at radius 1 is 1.15 bits per heavy atom. The minimum Gasteiger partial charge on any atom is -0.466 e. The first-order chi connectivity index (χ1) is 15.8. The summed E-state index contributed by atoms with van der Waals surface area (Å²) in [5, 5.41) is 0. The van der Waals surface area contributed by atoms with Gasteiger partial charge in [0.2, 0.25) is 10.0 Å². The van der Waals surface area contributed by atoms with Crippen LogP contribution in [0.1, 0.15) is 46.2 Å². The van der Waals surface area contributed by atoms with Gasteiger partial charge in [-0.15, -0.1) is 0 Å². The van der Waals surface area contributed by atoms with Crippen molar-refractivity contribution in [2.75, 3.05) is 26.2 Å². The molecule has 2 amide bonds. The van der Waals surface area contributed by atoms with Crippen LogP contribution in [-0.2, 0) is 26.0 Å². The number of carbonyl (C=O) groups excluding carboxylic acids is 3. The Kier molecular flexibility index (Phi) is 6.57. The van der Waals surface area contributed by atoms with Crippen LogP contribution in [0.15, 0.2) is 47.5 Å². The second-order valence-electron chi connectivity index (χ2n) is 8.01. The summed E-state index contributed by atoms with van der Waals surface area (Å²) in [5.41, 5.74) is 1.25. The highest BCUT2D eigenvalue weighted by Gasteiger charge is 2.36. The molecule has 0 N–H and O–H groups in total. The van der Waals surface area contributed by atoms with Gasteiger partial charge >= 0.3 is 5.97 Å². The number of fused-ring (bicyclic) bond motifs is 1. The highest BCUT2D eigenvalue weighted by Crippen LogP contribution is 2.25. The summed E-state index contributed by atoms with van der Waals surface area (Å²) in [5.74, 6) is -1.61. The predicted molar refractivity (Wildman–Crippen MR) is 118 cm³/mol. The minimum atomic E-state index is -3.75. The Morgan fingerprint density at radius 3 is 2.61 bits per heavy atom. The van der Waals surface area contributed by atoms with E-state index in [0.29, 0.717) is 31.4 Å². The second-order valence-corrected chi connectivity index (χ2v) is 9.95. The number of nitrogens with zero attached hydrogens (tertiary/aromatic N) is 3. The normalized spacial score (nSPS) is 18.9. The molecule has 4 rings (SSSR count). The lowest BCUT2D eigenvalue weighted by Crippen LogP contribution is -2.42. The van der Waals surface area contributed by atoms with E-state index in [-0.39, 0.29) is 42.2 Å². The Labute approximate surface area is 192 Å². The summed E-state index contributed by atoms with van der Waals surface area (Å²) < 4.78 is 32.5. The van der Waals surface area contributed by atoms with E-state index in [9.17, 15) is 22.8 Å². The molecule has 0 bridgehead atoms. The molecule has 174 valence electrons. The van der Waals surface area contributed by atoms with E-state index < -0.39 is 21.8 Å². The molecule has 0 saturated carbocycles. The van der Waals surface area contributed by atoms with E-state index in [2.05, 4.69) is 4.98 Å². The third-order valence-electron chi connectivity index (χ3n) is 5.92. The summed E-state index contributed by atoms with van der Waals surface area (Å²) in [6.45, 7) is 2.63. The molecule has 9 nitrogen and oxygen atoms in total. The first-order valence-electron chi connectivity index (χ1n) is 10.9. The van der Waals surface area contributed by atoms with Gasteiger partial charge < -0.3 is 4.74 Å². The van der Waals surface area contributed by atoms with E-state index >= 15 is 0 Å². The van der Waals surface area contributed by atoms with Crippen molar-refractivity contribution in [3.8, 4) is 0 Å². The standard InChI is InChI=1S/C23H25N3O6S/c1-2-32-23(29)17-5-4-13-25(15-17)33(30,31)18-9-7-16(8-10-18)11-14-26-21(27)19-6-3-12-24-20(19)22(26)28/h3,6-10,12,17H,2,4-5,11,13-15H2,1H3. The quantitative estimate of drug-likeness (QED) is 0.447. The maximum absolute atomic E-state index is 13.1. The van der Waals surface area contributed by atoms with Gasteiger partial charge in [0.05, 0.1) is 23.0 Å². The number of carbonyl (C=O) groups is 3. The lowest BCUT2D eigenvalue weighted by molar-refractivity contribution is -0.149. The first-order valence-corrected chi connectivity index (χ1v) is 12.3. The van der Waals surface area contributed by atoms with Gasteiger partial charge in [0.25, 0.3) is 11.8 Å². The fourth-order valence-corrected chi connectivity index (χ4v) is 5.67. The number of esters is 1. The largest absolute Gasteiger partial charge is 0.466 e. The van der Waals surface area contributed by atoms with Crippen LogP contribution in [0.2, 0.25) is 0 Å². The lowest BCUT2D eigenvalue weighted by atomic mass is 10.0. The Balaban J connectivity index is 1.40. The fraction of sp³-hybridized carbons (Fsp3) is 0.391. The number of pyridine rings is 1. The average Bonchev–Trinajstić information content (AvgIpc) is 3.08. The molecule has 3 heterocycles. The number of ether oxygens (including phenoxy) is 1. The lowest BCUT2D eigenvalue weighted by Gasteiger charge is -2.30. The van der Waals surface area contributed by atoms with E-state index in [1.54, 1.807) is 31.2 Å². The summed E-state index contributed by atoms with van der Waals surface area (Å²) >= 11 is 0. The fourth-order valence-electron chi connectivity index (χ4n) is 4.15. The van der Waals surface area contributed by atoms with Crippen molar-refractivity contribution < 1.29 is 27.5 Å². The van der Waals surface area contributed by atoms with Gasteiger partial charge in [-0.05, 0) is 56.0 Å². The minimum absolute atomic E-state index is 0.108. The van der Waals surface area contributed by atoms with Crippen molar-refractivity contribution in [1.82, 2.24) is 14.2 Å². The average molecular weight is 472 g/mol. The molecule has 1 aromatic heterocycles. The Hall–Kier alpha value is -3.11. The predicted octanol–water partition coefficient (Wildman–Crippen LogP) is 1.88. The van der Waals surface area contributed by atoms with E-state index in [0.717, 1.165) is 10.5 Å². The van der Waals surface area contributed by atoms with Gasteiger partial charge in [-0.2, -0.15) is 4.31 Å². The van der Waals surface area contributed by atoms with E-state index in [1.165, 1.54) is 22.6 Å². The molecule has 1 atom stereocenters. The van der Waals surface area contributed by atoms with Crippen LogP contribution < -0.4 is 0 Å². The van der Waals surface area contributed by atoms with Crippen LogP contribution in [0.5, 0.6) is 0 Å². The first kappa shape index (κ1) is 23.1. The molecule has 1 unspecified atom stereocenters. The third-order valence-corrected chi connectivity index (χ3v) is 7.80. The van der Waals surface area contributed by atoms with Crippen molar-refractivity contribution in [2.45, 2.75) is 31.1 Å². The molecule has 1 aromatic carbocycles. The number of amides is 2. The maximum Gasteiger partial charge on any atom is 0.310 e. The number of hydrogen-bond acceptors (Lipinski definition) is 7. The molecule has 2 aliphatic rings. The highest BCUT2D eigenvalue weighted by molar-refractivity contribution is 7.89. The van der Waals surface area contributed by atoms with E-state index in [1.807, 2.05) is 0 Å². The second kappa shape index (κ2) is 9.40. The van der Waals surface area contributed by atoms with E-state index in [4.69, 9.17) is 4.74 Å². The van der Waals surface area contributed by atoms with Crippen molar-refractivity contribution in [2.24, 2.45) is 5.92 Å². The van der Waals surface area contributed by atoms with Gasteiger partial charge in [-0.1, -0.05) is 12.1 Å². The van der Waals surface area contributed by atoms with Crippen LogP contribution >= 0.6 is 0 Å². The molecule has 33 heavy (non-hydrogen) atoms. The zero-order valence-electron chi connectivity index (χ0n) is 18.3. The van der Waals surface area contributed by atoms with Gasteiger partial charge in [0.1, 0.15) is 5.69 Å².